The number of fused-ring (bicyclic) bond motifs is 1. The van der Waals surface area contributed by atoms with Crippen molar-refractivity contribution in [2.24, 2.45) is 0 Å². The van der Waals surface area contributed by atoms with Crippen molar-refractivity contribution in [1.29, 1.82) is 0 Å². The van der Waals surface area contributed by atoms with Gasteiger partial charge in [0, 0.05) is 0 Å². The molecule has 1 aliphatic heterocycles. The van der Waals surface area contributed by atoms with Crippen LogP contribution >= 0.6 is 0 Å². The van der Waals surface area contributed by atoms with Crippen molar-refractivity contribution in [3.63, 3.8) is 0 Å². The zero-order valence-electron chi connectivity index (χ0n) is 8.80. The van der Waals surface area contributed by atoms with E-state index in [0.717, 1.165) is 18.6 Å². The lowest BCUT2D eigenvalue weighted by atomic mass is 10.0. The molecular weight excluding hydrogens is 178 g/mol. The van der Waals surface area contributed by atoms with Crippen molar-refractivity contribution >= 4 is 5.91 Å². The summed E-state index contributed by atoms with van der Waals surface area (Å²) in [7, 11) is 0. The van der Waals surface area contributed by atoms with E-state index in [-0.39, 0.29) is 5.91 Å². The molecular formula is C11H17NO2. The fourth-order valence-electron chi connectivity index (χ4n) is 1.41. The van der Waals surface area contributed by atoms with Crippen LogP contribution in [0.5, 0.6) is 0 Å². The zero-order chi connectivity index (χ0) is 10.4. The van der Waals surface area contributed by atoms with Gasteiger partial charge in [0.05, 0.1) is 12.1 Å². The summed E-state index contributed by atoms with van der Waals surface area (Å²) in [6.07, 6.45) is 5.85. The molecule has 14 heavy (non-hydrogen) atoms. The number of ether oxygens (including phenoxy) is 1. The Labute approximate surface area is 84.8 Å². The molecule has 0 bridgehead atoms. The number of carbonyl (C=O) groups excluding carboxylic acids is 1. The van der Waals surface area contributed by atoms with Gasteiger partial charge >= 0.3 is 0 Å². The van der Waals surface area contributed by atoms with Crippen LogP contribution in [0, 0.1) is 0 Å². The minimum Gasteiger partial charge on any atom is -0.491 e. The summed E-state index contributed by atoms with van der Waals surface area (Å²) in [6.45, 7) is 5.18. The van der Waals surface area contributed by atoms with Crippen LogP contribution in [0.2, 0.25) is 0 Å². The number of carbonyl (C=O) groups is 1. The van der Waals surface area contributed by atoms with Gasteiger partial charge in [-0.05, 0) is 18.9 Å². The van der Waals surface area contributed by atoms with Gasteiger partial charge in [-0.15, -0.1) is 0 Å². The molecule has 3 heteroatoms. The maximum Gasteiger partial charge on any atom is 0.254 e. The van der Waals surface area contributed by atoms with Crippen LogP contribution in [0.1, 0.15) is 26.7 Å². The van der Waals surface area contributed by atoms with Gasteiger partial charge in [0.2, 0.25) is 0 Å². The third-order valence-electron chi connectivity index (χ3n) is 2.00. The normalized spacial score (nSPS) is 19.7. The first-order valence-electron chi connectivity index (χ1n) is 5.19. The SMILES string of the molecule is CC.O=C1NCCOC2=CCCC=C12. The van der Waals surface area contributed by atoms with Gasteiger partial charge in [0.25, 0.3) is 5.91 Å². The molecule has 1 amide bonds. The molecule has 1 N–H and O–H groups in total. The summed E-state index contributed by atoms with van der Waals surface area (Å²) in [4.78, 5) is 11.3. The Morgan fingerprint density at radius 1 is 1.29 bits per heavy atom. The van der Waals surface area contributed by atoms with Crippen molar-refractivity contribution < 1.29 is 9.53 Å². The average Bonchev–Trinajstić information content (AvgIpc) is 2.45. The molecule has 0 atom stereocenters. The van der Waals surface area contributed by atoms with Crippen LogP contribution in [0.25, 0.3) is 0 Å². The van der Waals surface area contributed by atoms with Crippen molar-refractivity contribution in [3.8, 4) is 0 Å². The summed E-state index contributed by atoms with van der Waals surface area (Å²) >= 11 is 0. The van der Waals surface area contributed by atoms with Crippen molar-refractivity contribution in [3.05, 3.63) is 23.5 Å². The predicted octanol–water partition coefficient (Wildman–Crippen LogP) is 1.76. The Morgan fingerprint density at radius 3 is 2.79 bits per heavy atom. The summed E-state index contributed by atoms with van der Waals surface area (Å²) in [6, 6.07) is 0. The van der Waals surface area contributed by atoms with E-state index in [1.165, 1.54) is 0 Å². The highest BCUT2D eigenvalue weighted by Crippen LogP contribution is 2.20. The molecule has 2 aliphatic rings. The Hall–Kier alpha value is -1.25. The standard InChI is InChI=1S/C9H11NO2.C2H6/c11-9-7-3-1-2-4-8(7)12-6-5-10-9;1-2/h3-4H,1-2,5-6H2,(H,10,11);1-2H3. The van der Waals surface area contributed by atoms with Gasteiger partial charge in [-0.2, -0.15) is 0 Å². The van der Waals surface area contributed by atoms with Crippen LogP contribution in [0.15, 0.2) is 23.5 Å². The van der Waals surface area contributed by atoms with Crippen molar-refractivity contribution in [1.82, 2.24) is 5.32 Å². The molecule has 0 aromatic carbocycles. The molecule has 3 nitrogen and oxygen atoms in total. The quantitative estimate of drug-likeness (QED) is 0.639. The van der Waals surface area contributed by atoms with E-state index in [1.807, 2.05) is 26.0 Å². The second-order valence-electron chi connectivity index (χ2n) is 2.87. The van der Waals surface area contributed by atoms with E-state index in [9.17, 15) is 4.79 Å². The summed E-state index contributed by atoms with van der Waals surface area (Å²) in [5.74, 6) is 0.759. The Bertz CT molecular complexity index is 266. The first-order chi connectivity index (χ1) is 6.88. The lowest BCUT2D eigenvalue weighted by Crippen LogP contribution is -2.25. The number of hydrogen-bond donors (Lipinski definition) is 1. The van der Waals surface area contributed by atoms with E-state index in [2.05, 4.69) is 5.32 Å². The average molecular weight is 195 g/mol. The van der Waals surface area contributed by atoms with Gasteiger partial charge in [0.15, 0.2) is 0 Å². The molecule has 1 aliphatic carbocycles. The molecule has 1 saturated heterocycles. The molecule has 0 spiro atoms. The van der Waals surface area contributed by atoms with Crippen LogP contribution in [-0.4, -0.2) is 19.1 Å². The molecule has 0 radical (unpaired) electrons. The molecule has 0 saturated carbocycles. The predicted molar refractivity (Wildman–Crippen MR) is 55.7 cm³/mol. The number of allylic oxidation sites excluding steroid dienone is 2. The number of rotatable bonds is 0. The summed E-state index contributed by atoms with van der Waals surface area (Å²) in [5.41, 5.74) is 0.707. The number of amides is 1. The molecule has 0 unspecified atom stereocenters. The Balaban J connectivity index is 0.000000461. The van der Waals surface area contributed by atoms with E-state index >= 15 is 0 Å². The summed E-state index contributed by atoms with van der Waals surface area (Å²) in [5, 5.41) is 2.77. The van der Waals surface area contributed by atoms with E-state index in [0.29, 0.717) is 18.7 Å². The lowest BCUT2D eigenvalue weighted by Gasteiger charge is -2.10. The van der Waals surface area contributed by atoms with Gasteiger partial charge < -0.3 is 10.1 Å². The van der Waals surface area contributed by atoms with Crippen LogP contribution in [0.3, 0.4) is 0 Å². The summed E-state index contributed by atoms with van der Waals surface area (Å²) < 4.78 is 5.39. The van der Waals surface area contributed by atoms with Crippen LogP contribution < -0.4 is 5.32 Å². The van der Waals surface area contributed by atoms with Crippen molar-refractivity contribution in [2.45, 2.75) is 26.7 Å². The van der Waals surface area contributed by atoms with E-state index in [1.54, 1.807) is 0 Å². The van der Waals surface area contributed by atoms with Crippen molar-refractivity contribution in [2.75, 3.05) is 13.2 Å². The lowest BCUT2D eigenvalue weighted by molar-refractivity contribution is -0.117. The number of hydrogen-bond acceptors (Lipinski definition) is 2. The van der Waals surface area contributed by atoms with Gasteiger partial charge in [-0.3, -0.25) is 4.79 Å². The highest BCUT2D eigenvalue weighted by Gasteiger charge is 2.20. The maximum atomic E-state index is 11.3. The minimum absolute atomic E-state index is 0.00144. The van der Waals surface area contributed by atoms with Gasteiger partial charge in [0.1, 0.15) is 12.4 Å². The third kappa shape index (κ3) is 2.37. The first-order valence-corrected chi connectivity index (χ1v) is 5.19. The Morgan fingerprint density at radius 2 is 2.00 bits per heavy atom. The van der Waals surface area contributed by atoms with E-state index in [4.69, 9.17) is 4.74 Å². The monoisotopic (exact) mass is 195 g/mol. The highest BCUT2D eigenvalue weighted by molar-refractivity contribution is 5.97. The fourth-order valence-corrected chi connectivity index (χ4v) is 1.41. The van der Waals surface area contributed by atoms with E-state index < -0.39 is 0 Å². The largest absolute Gasteiger partial charge is 0.491 e. The number of nitrogens with one attached hydrogen (secondary N) is 1. The molecule has 78 valence electrons. The smallest absolute Gasteiger partial charge is 0.254 e. The maximum absolute atomic E-state index is 11.3. The first kappa shape index (κ1) is 10.8. The fraction of sp³-hybridized carbons (Fsp3) is 0.545. The molecule has 1 heterocycles. The van der Waals surface area contributed by atoms with Gasteiger partial charge in [-0.1, -0.05) is 19.9 Å². The molecule has 1 fully saturated rings. The van der Waals surface area contributed by atoms with Gasteiger partial charge in [-0.25, -0.2) is 0 Å². The van der Waals surface area contributed by atoms with Crippen LogP contribution in [-0.2, 0) is 9.53 Å². The molecule has 0 aromatic rings. The third-order valence-corrected chi connectivity index (χ3v) is 2.00. The zero-order valence-corrected chi connectivity index (χ0v) is 8.80. The second-order valence-corrected chi connectivity index (χ2v) is 2.87. The second kappa shape index (κ2) is 5.47. The highest BCUT2D eigenvalue weighted by atomic mass is 16.5. The Kier molecular flexibility index (Phi) is 4.23. The molecule has 2 rings (SSSR count). The topological polar surface area (TPSA) is 38.3 Å². The van der Waals surface area contributed by atoms with Crippen LogP contribution in [0.4, 0.5) is 0 Å². The molecule has 0 aromatic heterocycles. The minimum atomic E-state index is -0.00144.